The van der Waals surface area contributed by atoms with E-state index in [0.29, 0.717) is 6.04 Å². The third kappa shape index (κ3) is 6.34. The zero-order valence-electron chi connectivity index (χ0n) is 17.1. The van der Waals surface area contributed by atoms with Crippen molar-refractivity contribution in [1.82, 2.24) is 15.6 Å². The van der Waals surface area contributed by atoms with Gasteiger partial charge in [-0.25, -0.2) is 4.79 Å². The second kappa shape index (κ2) is 9.20. The summed E-state index contributed by atoms with van der Waals surface area (Å²) in [6.45, 7) is 6.52. The molecule has 0 saturated heterocycles. The summed E-state index contributed by atoms with van der Waals surface area (Å²) in [5.74, 6) is 0. The van der Waals surface area contributed by atoms with E-state index in [1.807, 2.05) is 33.0 Å². The molecule has 1 aromatic heterocycles. The molecule has 2 N–H and O–H groups in total. The van der Waals surface area contributed by atoms with Crippen LogP contribution in [0, 0.1) is 0 Å². The molecule has 150 valence electrons. The summed E-state index contributed by atoms with van der Waals surface area (Å²) in [5.41, 5.74) is 3.15. The van der Waals surface area contributed by atoms with E-state index in [1.165, 1.54) is 11.1 Å². The minimum absolute atomic E-state index is 0.215. The van der Waals surface area contributed by atoms with Gasteiger partial charge in [0.1, 0.15) is 5.60 Å². The fourth-order valence-corrected chi connectivity index (χ4v) is 3.53. The van der Waals surface area contributed by atoms with E-state index in [1.54, 1.807) is 6.20 Å². The van der Waals surface area contributed by atoms with E-state index in [-0.39, 0.29) is 12.1 Å². The molecule has 1 saturated carbocycles. The van der Waals surface area contributed by atoms with Gasteiger partial charge in [0.05, 0.1) is 0 Å². The molecule has 0 spiro atoms. The van der Waals surface area contributed by atoms with Crippen LogP contribution in [-0.2, 0) is 11.3 Å². The first kappa shape index (κ1) is 20.3. The standard InChI is InChI=1S/C23H31N3O2/c1-23(2,3)28-22(27)26-21-12-10-20(11-13-21)25-15-17-6-8-18(9-7-17)19-5-4-14-24-16-19/h4-9,14,16,20-21,25H,10-13,15H2,1-3H3,(H,26,27)/t20-,21-. The lowest BCUT2D eigenvalue weighted by Gasteiger charge is -2.30. The molecule has 0 unspecified atom stereocenters. The average Bonchev–Trinajstić information content (AvgIpc) is 2.67. The summed E-state index contributed by atoms with van der Waals surface area (Å²) in [5, 5.41) is 6.65. The van der Waals surface area contributed by atoms with Crippen LogP contribution in [0.3, 0.4) is 0 Å². The second-order valence-corrected chi connectivity index (χ2v) is 8.51. The van der Waals surface area contributed by atoms with Gasteiger partial charge >= 0.3 is 6.09 Å². The van der Waals surface area contributed by atoms with Crippen molar-refractivity contribution in [2.45, 2.75) is 70.7 Å². The first-order valence-corrected chi connectivity index (χ1v) is 10.1. The van der Waals surface area contributed by atoms with Gasteiger partial charge in [0, 0.05) is 31.0 Å². The van der Waals surface area contributed by atoms with Crippen LogP contribution in [0.4, 0.5) is 4.79 Å². The highest BCUT2D eigenvalue weighted by molar-refractivity contribution is 5.68. The number of hydrogen-bond acceptors (Lipinski definition) is 4. The third-order valence-corrected chi connectivity index (χ3v) is 4.99. The lowest BCUT2D eigenvalue weighted by atomic mass is 9.91. The Labute approximate surface area is 167 Å². The Morgan fingerprint density at radius 3 is 2.32 bits per heavy atom. The quantitative estimate of drug-likeness (QED) is 0.790. The normalized spacial score (nSPS) is 19.8. The zero-order valence-corrected chi connectivity index (χ0v) is 17.1. The van der Waals surface area contributed by atoms with Crippen LogP contribution in [0.1, 0.15) is 52.0 Å². The van der Waals surface area contributed by atoms with Crippen molar-refractivity contribution >= 4 is 6.09 Å². The summed E-state index contributed by atoms with van der Waals surface area (Å²) in [6.07, 6.45) is 7.46. The molecule has 5 nitrogen and oxygen atoms in total. The number of ether oxygens (including phenoxy) is 1. The van der Waals surface area contributed by atoms with Gasteiger partial charge in [0.15, 0.2) is 0 Å². The molecule has 1 aliphatic rings. The minimum atomic E-state index is -0.449. The maximum atomic E-state index is 11.9. The summed E-state index contributed by atoms with van der Waals surface area (Å²) >= 11 is 0. The Hall–Kier alpha value is -2.40. The van der Waals surface area contributed by atoms with Gasteiger partial charge in [-0.15, -0.1) is 0 Å². The molecule has 5 heteroatoms. The summed E-state index contributed by atoms with van der Waals surface area (Å²) < 4.78 is 5.34. The van der Waals surface area contributed by atoms with Crippen LogP contribution in [0.5, 0.6) is 0 Å². The molecule has 1 heterocycles. The number of nitrogens with zero attached hydrogens (tertiary/aromatic N) is 1. The molecule has 1 amide bonds. The van der Waals surface area contributed by atoms with Gasteiger partial charge in [-0.05, 0) is 69.2 Å². The van der Waals surface area contributed by atoms with Gasteiger partial charge in [-0.3, -0.25) is 4.98 Å². The molecule has 1 aromatic carbocycles. The van der Waals surface area contributed by atoms with Crippen LogP contribution in [0.15, 0.2) is 48.8 Å². The van der Waals surface area contributed by atoms with Crippen molar-refractivity contribution in [3.63, 3.8) is 0 Å². The van der Waals surface area contributed by atoms with E-state index >= 15 is 0 Å². The highest BCUT2D eigenvalue weighted by atomic mass is 16.6. The summed E-state index contributed by atoms with van der Waals surface area (Å²) in [4.78, 5) is 16.1. The lowest BCUT2D eigenvalue weighted by molar-refractivity contribution is 0.0489. The Morgan fingerprint density at radius 1 is 1.04 bits per heavy atom. The Bertz CT molecular complexity index is 746. The van der Waals surface area contributed by atoms with Crippen LogP contribution in [-0.4, -0.2) is 28.8 Å². The summed E-state index contributed by atoms with van der Waals surface area (Å²) in [6, 6.07) is 13.4. The fraction of sp³-hybridized carbons (Fsp3) is 0.478. The molecule has 0 bridgehead atoms. The van der Waals surface area contributed by atoms with Crippen molar-refractivity contribution < 1.29 is 9.53 Å². The molecule has 0 atom stereocenters. The van der Waals surface area contributed by atoms with Gasteiger partial charge in [0.2, 0.25) is 0 Å². The maximum absolute atomic E-state index is 11.9. The predicted octanol–water partition coefficient (Wildman–Crippen LogP) is 4.67. The number of hydrogen-bond donors (Lipinski definition) is 2. The van der Waals surface area contributed by atoms with Gasteiger partial charge < -0.3 is 15.4 Å². The number of carbonyl (C=O) groups excluding carboxylic acids is 1. The van der Waals surface area contributed by atoms with Crippen LogP contribution >= 0.6 is 0 Å². The van der Waals surface area contributed by atoms with Gasteiger partial charge in [0.25, 0.3) is 0 Å². The largest absolute Gasteiger partial charge is 0.444 e. The van der Waals surface area contributed by atoms with E-state index < -0.39 is 5.60 Å². The number of alkyl carbamates (subject to hydrolysis) is 1. The van der Waals surface area contributed by atoms with Gasteiger partial charge in [-0.1, -0.05) is 30.3 Å². The van der Waals surface area contributed by atoms with Crippen LogP contribution < -0.4 is 10.6 Å². The number of amides is 1. The zero-order chi connectivity index (χ0) is 20.0. The highest BCUT2D eigenvalue weighted by Crippen LogP contribution is 2.21. The number of nitrogens with one attached hydrogen (secondary N) is 2. The number of pyridine rings is 1. The van der Waals surface area contributed by atoms with Crippen molar-refractivity contribution in [3.8, 4) is 11.1 Å². The molecule has 1 fully saturated rings. The highest BCUT2D eigenvalue weighted by Gasteiger charge is 2.24. The number of rotatable bonds is 5. The Balaban J connectivity index is 1.40. The Morgan fingerprint density at radius 2 is 1.71 bits per heavy atom. The SMILES string of the molecule is CC(C)(C)OC(=O)N[C@H]1CC[C@H](NCc2ccc(-c3cccnc3)cc2)CC1. The van der Waals surface area contributed by atoms with Crippen molar-refractivity contribution in [2.24, 2.45) is 0 Å². The number of aromatic nitrogens is 1. The second-order valence-electron chi connectivity index (χ2n) is 8.51. The molecule has 28 heavy (non-hydrogen) atoms. The maximum Gasteiger partial charge on any atom is 0.407 e. The van der Waals surface area contributed by atoms with E-state index in [0.717, 1.165) is 37.8 Å². The number of carbonyl (C=O) groups is 1. The Kier molecular flexibility index (Phi) is 6.68. The third-order valence-electron chi connectivity index (χ3n) is 4.99. The molecule has 0 radical (unpaired) electrons. The summed E-state index contributed by atoms with van der Waals surface area (Å²) in [7, 11) is 0. The van der Waals surface area contributed by atoms with Crippen LogP contribution in [0.25, 0.3) is 11.1 Å². The van der Waals surface area contributed by atoms with Gasteiger partial charge in [-0.2, -0.15) is 0 Å². The van der Waals surface area contributed by atoms with E-state index in [4.69, 9.17) is 4.74 Å². The van der Waals surface area contributed by atoms with Crippen molar-refractivity contribution in [3.05, 3.63) is 54.4 Å². The smallest absolute Gasteiger partial charge is 0.407 e. The van der Waals surface area contributed by atoms with Crippen molar-refractivity contribution in [2.75, 3.05) is 0 Å². The topological polar surface area (TPSA) is 63.2 Å². The molecule has 0 aliphatic heterocycles. The molecule has 2 aromatic rings. The molecule has 1 aliphatic carbocycles. The van der Waals surface area contributed by atoms with E-state index in [2.05, 4.69) is 45.9 Å². The monoisotopic (exact) mass is 381 g/mol. The fourth-order valence-electron chi connectivity index (χ4n) is 3.53. The average molecular weight is 382 g/mol. The lowest BCUT2D eigenvalue weighted by Crippen LogP contribution is -2.43. The van der Waals surface area contributed by atoms with Crippen molar-refractivity contribution in [1.29, 1.82) is 0 Å². The van der Waals surface area contributed by atoms with Crippen LogP contribution in [0.2, 0.25) is 0 Å². The minimum Gasteiger partial charge on any atom is -0.444 e. The first-order valence-electron chi connectivity index (χ1n) is 10.1. The first-order chi connectivity index (χ1) is 13.4. The van der Waals surface area contributed by atoms with E-state index in [9.17, 15) is 4.79 Å². The number of benzene rings is 1. The molecule has 3 rings (SSSR count). The molecular weight excluding hydrogens is 350 g/mol. The molecular formula is C23H31N3O2. The predicted molar refractivity (Wildman–Crippen MR) is 112 cm³/mol.